The van der Waals surface area contributed by atoms with Gasteiger partial charge in [-0.3, -0.25) is 4.79 Å². The van der Waals surface area contributed by atoms with Crippen molar-refractivity contribution in [3.63, 3.8) is 0 Å². The first-order chi connectivity index (χ1) is 10.7. The van der Waals surface area contributed by atoms with E-state index in [0.717, 1.165) is 31.8 Å². The van der Waals surface area contributed by atoms with Crippen LogP contribution >= 0.6 is 0 Å². The van der Waals surface area contributed by atoms with Crippen molar-refractivity contribution in [1.29, 1.82) is 0 Å². The fourth-order valence-electron chi connectivity index (χ4n) is 4.83. The third-order valence-electron chi connectivity index (χ3n) is 6.10. The maximum atomic E-state index is 12.8. The Bertz CT molecular complexity index is 358. The molecular weight excluding hydrogens is 272 g/mol. The minimum absolute atomic E-state index is 0.328. The van der Waals surface area contributed by atoms with E-state index in [0.29, 0.717) is 23.8 Å². The SMILES string of the molecule is CC1CC(NCC2CCCC2)CN(C(=O)C2CCCCC2)C1. The molecule has 1 N–H and O–H groups in total. The Morgan fingerprint density at radius 2 is 1.68 bits per heavy atom. The molecular formula is C19H34N2O. The summed E-state index contributed by atoms with van der Waals surface area (Å²) in [5, 5.41) is 3.79. The molecule has 3 fully saturated rings. The number of carbonyl (C=O) groups is 1. The van der Waals surface area contributed by atoms with E-state index in [1.54, 1.807) is 0 Å². The number of hydrogen-bond donors (Lipinski definition) is 1. The number of nitrogens with one attached hydrogen (secondary N) is 1. The Hall–Kier alpha value is -0.570. The Morgan fingerprint density at radius 1 is 1.00 bits per heavy atom. The molecule has 0 aromatic carbocycles. The molecule has 1 aliphatic heterocycles. The van der Waals surface area contributed by atoms with Gasteiger partial charge in [-0.1, -0.05) is 39.0 Å². The third-order valence-corrected chi connectivity index (χ3v) is 6.10. The maximum absolute atomic E-state index is 12.8. The van der Waals surface area contributed by atoms with Gasteiger partial charge in [0.05, 0.1) is 0 Å². The topological polar surface area (TPSA) is 32.3 Å². The molecule has 2 aliphatic carbocycles. The van der Waals surface area contributed by atoms with Gasteiger partial charge in [0.2, 0.25) is 5.91 Å². The van der Waals surface area contributed by atoms with Gasteiger partial charge in [-0.25, -0.2) is 0 Å². The van der Waals surface area contributed by atoms with Crippen LogP contribution in [0.15, 0.2) is 0 Å². The van der Waals surface area contributed by atoms with Crippen LogP contribution in [-0.4, -0.2) is 36.5 Å². The molecule has 0 aromatic rings. The quantitative estimate of drug-likeness (QED) is 0.861. The molecule has 3 rings (SSSR count). The molecule has 3 aliphatic rings. The van der Waals surface area contributed by atoms with Crippen molar-refractivity contribution in [2.45, 2.75) is 77.2 Å². The van der Waals surface area contributed by atoms with Crippen molar-refractivity contribution >= 4 is 5.91 Å². The lowest BCUT2D eigenvalue weighted by Crippen LogP contribution is -2.52. The summed E-state index contributed by atoms with van der Waals surface area (Å²) in [4.78, 5) is 15.0. The molecule has 2 atom stereocenters. The number of hydrogen-bond acceptors (Lipinski definition) is 2. The van der Waals surface area contributed by atoms with Gasteiger partial charge in [-0.15, -0.1) is 0 Å². The highest BCUT2D eigenvalue weighted by Gasteiger charge is 2.32. The molecule has 1 saturated heterocycles. The van der Waals surface area contributed by atoms with Crippen molar-refractivity contribution < 1.29 is 4.79 Å². The Morgan fingerprint density at radius 3 is 2.41 bits per heavy atom. The monoisotopic (exact) mass is 306 g/mol. The maximum Gasteiger partial charge on any atom is 0.225 e. The van der Waals surface area contributed by atoms with Crippen molar-refractivity contribution in [3.8, 4) is 0 Å². The van der Waals surface area contributed by atoms with E-state index in [1.807, 2.05) is 0 Å². The zero-order chi connectivity index (χ0) is 15.4. The number of amides is 1. The summed E-state index contributed by atoms with van der Waals surface area (Å²) in [6, 6.07) is 0.525. The number of piperidine rings is 1. The first kappa shape index (κ1) is 16.3. The summed E-state index contributed by atoms with van der Waals surface area (Å²) in [5.74, 6) is 2.32. The Labute approximate surface area is 136 Å². The predicted molar refractivity (Wildman–Crippen MR) is 90.7 cm³/mol. The molecule has 22 heavy (non-hydrogen) atoms. The lowest BCUT2D eigenvalue weighted by Gasteiger charge is -2.39. The average Bonchev–Trinajstić information content (AvgIpc) is 3.06. The highest BCUT2D eigenvalue weighted by atomic mass is 16.2. The predicted octanol–water partition coefficient (Wildman–Crippen LogP) is 3.58. The smallest absolute Gasteiger partial charge is 0.225 e. The summed E-state index contributed by atoms with van der Waals surface area (Å²) >= 11 is 0. The molecule has 0 radical (unpaired) electrons. The number of carbonyl (C=O) groups excluding carboxylic acids is 1. The van der Waals surface area contributed by atoms with Crippen molar-refractivity contribution in [1.82, 2.24) is 10.2 Å². The fraction of sp³-hybridized carbons (Fsp3) is 0.947. The second-order valence-electron chi connectivity index (χ2n) is 8.17. The van der Waals surface area contributed by atoms with Crippen LogP contribution < -0.4 is 5.32 Å². The number of nitrogens with zero attached hydrogens (tertiary/aromatic N) is 1. The summed E-state index contributed by atoms with van der Waals surface area (Å²) in [7, 11) is 0. The van der Waals surface area contributed by atoms with E-state index in [-0.39, 0.29) is 0 Å². The molecule has 3 heteroatoms. The second kappa shape index (κ2) is 7.81. The van der Waals surface area contributed by atoms with Gasteiger partial charge in [-0.05, 0) is 50.5 Å². The molecule has 0 spiro atoms. The highest BCUT2D eigenvalue weighted by molar-refractivity contribution is 5.79. The van der Waals surface area contributed by atoms with Crippen LogP contribution in [0.5, 0.6) is 0 Å². The zero-order valence-corrected chi connectivity index (χ0v) is 14.4. The van der Waals surface area contributed by atoms with E-state index in [9.17, 15) is 4.79 Å². The molecule has 1 heterocycles. The highest BCUT2D eigenvalue weighted by Crippen LogP contribution is 2.28. The number of likely N-dealkylation sites (tertiary alicyclic amines) is 1. The summed E-state index contributed by atoms with van der Waals surface area (Å²) in [6.07, 6.45) is 13.0. The summed E-state index contributed by atoms with van der Waals surface area (Å²) < 4.78 is 0. The van der Waals surface area contributed by atoms with Crippen molar-refractivity contribution in [2.24, 2.45) is 17.8 Å². The van der Waals surface area contributed by atoms with E-state index < -0.39 is 0 Å². The van der Waals surface area contributed by atoms with Crippen LogP contribution in [0.4, 0.5) is 0 Å². The van der Waals surface area contributed by atoms with E-state index in [1.165, 1.54) is 57.9 Å². The Balaban J connectivity index is 1.49. The van der Waals surface area contributed by atoms with Gasteiger partial charge in [0.25, 0.3) is 0 Å². The van der Waals surface area contributed by atoms with E-state index in [4.69, 9.17) is 0 Å². The standard InChI is InChI=1S/C19H34N2O/c1-15-11-18(20-12-16-7-5-6-8-16)14-21(13-15)19(22)17-9-3-2-4-10-17/h15-18,20H,2-14H2,1H3. The second-order valence-corrected chi connectivity index (χ2v) is 8.17. The van der Waals surface area contributed by atoms with Crippen LogP contribution in [0.25, 0.3) is 0 Å². The largest absolute Gasteiger partial charge is 0.341 e. The lowest BCUT2D eigenvalue weighted by molar-refractivity contribution is -0.138. The zero-order valence-electron chi connectivity index (χ0n) is 14.4. The van der Waals surface area contributed by atoms with Crippen LogP contribution in [-0.2, 0) is 4.79 Å². The Kier molecular flexibility index (Phi) is 5.78. The molecule has 0 bridgehead atoms. The minimum atomic E-state index is 0.328. The normalized spacial score (nSPS) is 31.6. The fourth-order valence-corrected chi connectivity index (χ4v) is 4.83. The van der Waals surface area contributed by atoms with Gasteiger partial charge in [-0.2, -0.15) is 0 Å². The lowest BCUT2D eigenvalue weighted by atomic mass is 9.87. The molecule has 3 nitrogen and oxygen atoms in total. The first-order valence-electron chi connectivity index (χ1n) is 9.74. The summed E-state index contributed by atoms with van der Waals surface area (Å²) in [6.45, 7) is 5.41. The van der Waals surface area contributed by atoms with Gasteiger partial charge >= 0.3 is 0 Å². The third kappa shape index (κ3) is 4.24. The molecule has 2 unspecified atom stereocenters. The van der Waals surface area contributed by atoms with Crippen molar-refractivity contribution in [2.75, 3.05) is 19.6 Å². The van der Waals surface area contributed by atoms with Crippen molar-refractivity contribution in [3.05, 3.63) is 0 Å². The van der Waals surface area contributed by atoms with E-state index in [2.05, 4.69) is 17.1 Å². The molecule has 126 valence electrons. The van der Waals surface area contributed by atoms with Crippen LogP contribution in [0, 0.1) is 17.8 Å². The van der Waals surface area contributed by atoms with Gasteiger partial charge in [0, 0.05) is 25.0 Å². The molecule has 2 saturated carbocycles. The first-order valence-corrected chi connectivity index (χ1v) is 9.74. The van der Waals surface area contributed by atoms with Gasteiger partial charge < -0.3 is 10.2 Å². The van der Waals surface area contributed by atoms with Crippen LogP contribution in [0.3, 0.4) is 0 Å². The summed E-state index contributed by atoms with van der Waals surface area (Å²) in [5.41, 5.74) is 0. The van der Waals surface area contributed by atoms with Gasteiger partial charge in [0.1, 0.15) is 0 Å². The van der Waals surface area contributed by atoms with Gasteiger partial charge in [0.15, 0.2) is 0 Å². The number of rotatable bonds is 4. The average molecular weight is 306 g/mol. The van der Waals surface area contributed by atoms with Crippen LogP contribution in [0.2, 0.25) is 0 Å². The minimum Gasteiger partial charge on any atom is -0.341 e. The molecule has 0 aromatic heterocycles. The van der Waals surface area contributed by atoms with E-state index >= 15 is 0 Å². The molecule has 1 amide bonds. The van der Waals surface area contributed by atoms with Crippen LogP contribution in [0.1, 0.15) is 71.1 Å².